The largest absolute Gasteiger partial charge is 0.493 e. The van der Waals surface area contributed by atoms with E-state index in [0.29, 0.717) is 23.8 Å². The fraction of sp³-hybridized carbons (Fsp3) is 0.471. The van der Waals surface area contributed by atoms with Crippen molar-refractivity contribution in [3.8, 4) is 11.5 Å². The highest BCUT2D eigenvalue weighted by Crippen LogP contribution is 2.31. The minimum absolute atomic E-state index is 0.166. The normalized spacial score (nSPS) is 10.7. The summed E-state index contributed by atoms with van der Waals surface area (Å²) in [6, 6.07) is 5.04. The van der Waals surface area contributed by atoms with Crippen LogP contribution < -0.4 is 9.47 Å². The molecule has 0 saturated carbocycles. The van der Waals surface area contributed by atoms with Crippen molar-refractivity contribution in [2.24, 2.45) is 10.9 Å². The number of methoxy groups -OCH3 is 1. The third kappa shape index (κ3) is 5.57. The average Bonchev–Trinajstić information content (AvgIpc) is 2.56. The van der Waals surface area contributed by atoms with Crippen molar-refractivity contribution in [1.29, 1.82) is 0 Å². The molecule has 0 heterocycles. The van der Waals surface area contributed by atoms with Gasteiger partial charge in [-0.1, -0.05) is 0 Å². The first-order chi connectivity index (χ1) is 11.6. The van der Waals surface area contributed by atoms with Crippen molar-refractivity contribution in [3.05, 3.63) is 18.2 Å². The van der Waals surface area contributed by atoms with Crippen LogP contribution in [0.3, 0.4) is 0 Å². The van der Waals surface area contributed by atoms with Crippen molar-refractivity contribution in [3.63, 3.8) is 0 Å². The molecule has 0 atom stereocenters. The Hall–Kier alpha value is -2.57. The molecule has 0 unspecified atom stereocenters. The predicted octanol–water partition coefficient (Wildman–Crippen LogP) is 2.54. The van der Waals surface area contributed by atoms with E-state index in [2.05, 4.69) is 4.99 Å². The average molecular weight is 337 g/mol. The number of esters is 2. The molecule has 0 bridgehead atoms. The molecular weight excluding hydrogens is 314 g/mol. The van der Waals surface area contributed by atoms with Crippen LogP contribution in [0.2, 0.25) is 0 Å². The van der Waals surface area contributed by atoms with Crippen LogP contribution in [0.5, 0.6) is 11.5 Å². The fourth-order valence-electron chi connectivity index (χ4n) is 1.86. The second-order valence-electron chi connectivity index (χ2n) is 4.53. The Kier molecular flexibility index (Phi) is 8.32. The van der Waals surface area contributed by atoms with Gasteiger partial charge in [0, 0.05) is 12.3 Å². The van der Waals surface area contributed by atoms with Crippen LogP contribution in [0.1, 0.15) is 20.8 Å². The SMILES string of the molecule is CCOC(=O)C(C=Nc1ccc(OC)c(OCC)c1)C(=O)OCC. The third-order valence-electron chi connectivity index (χ3n) is 2.90. The lowest BCUT2D eigenvalue weighted by Crippen LogP contribution is -2.29. The van der Waals surface area contributed by atoms with Gasteiger partial charge in [-0.2, -0.15) is 0 Å². The van der Waals surface area contributed by atoms with Crippen molar-refractivity contribution >= 4 is 23.8 Å². The molecule has 0 fully saturated rings. The molecule has 24 heavy (non-hydrogen) atoms. The van der Waals surface area contributed by atoms with Gasteiger partial charge >= 0.3 is 11.9 Å². The fourth-order valence-corrected chi connectivity index (χ4v) is 1.86. The van der Waals surface area contributed by atoms with Gasteiger partial charge in [0.05, 0.1) is 32.6 Å². The number of nitrogens with zero attached hydrogens (tertiary/aromatic N) is 1. The minimum atomic E-state index is -1.21. The van der Waals surface area contributed by atoms with Gasteiger partial charge in [-0.3, -0.25) is 14.6 Å². The zero-order chi connectivity index (χ0) is 17.9. The Morgan fingerprint density at radius 1 is 1.04 bits per heavy atom. The molecule has 0 spiro atoms. The van der Waals surface area contributed by atoms with E-state index in [4.69, 9.17) is 18.9 Å². The van der Waals surface area contributed by atoms with Crippen LogP contribution >= 0.6 is 0 Å². The molecule has 0 radical (unpaired) electrons. The van der Waals surface area contributed by atoms with Crippen molar-refractivity contribution < 1.29 is 28.5 Å². The summed E-state index contributed by atoms with van der Waals surface area (Å²) < 4.78 is 20.4. The molecule has 1 aromatic rings. The smallest absolute Gasteiger partial charge is 0.325 e. The Labute approximate surface area is 141 Å². The lowest BCUT2D eigenvalue weighted by molar-refractivity contribution is -0.157. The highest BCUT2D eigenvalue weighted by atomic mass is 16.6. The number of aliphatic imine (C=N–C) groups is 1. The topological polar surface area (TPSA) is 83.4 Å². The Morgan fingerprint density at radius 3 is 2.17 bits per heavy atom. The molecule has 7 nitrogen and oxygen atoms in total. The Balaban J connectivity index is 3.01. The van der Waals surface area contributed by atoms with Gasteiger partial charge in [-0.15, -0.1) is 0 Å². The van der Waals surface area contributed by atoms with E-state index < -0.39 is 17.9 Å². The van der Waals surface area contributed by atoms with Gasteiger partial charge in [-0.25, -0.2) is 0 Å². The maximum atomic E-state index is 11.9. The highest BCUT2D eigenvalue weighted by Gasteiger charge is 2.27. The molecule has 0 aliphatic rings. The lowest BCUT2D eigenvalue weighted by Gasteiger charge is -2.11. The summed E-state index contributed by atoms with van der Waals surface area (Å²) in [4.78, 5) is 28.0. The van der Waals surface area contributed by atoms with Crippen LogP contribution in [0.25, 0.3) is 0 Å². The first-order valence-corrected chi connectivity index (χ1v) is 7.75. The van der Waals surface area contributed by atoms with E-state index in [1.54, 1.807) is 39.2 Å². The van der Waals surface area contributed by atoms with Crippen LogP contribution in [-0.2, 0) is 19.1 Å². The number of benzene rings is 1. The molecule has 0 saturated heterocycles. The van der Waals surface area contributed by atoms with E-state index in [9.17, 15) is 9.59 Å². The minimum Gasteiger partial charge on any atom is -0.493 e. The first kappa shape index (κ1) is 19.5. The number of hydrogen-bond donors (Lipinski definition) is 0. The Morgan fingerprint density at radius 2 is 1.67 bits per heavy atom. The number of rotatable bonds is 9. The number of carbonyl (C=O) groups excluding carboxylic acids is 2. The summed E-state index contributed by atoms with van der Waals surface area (Å²) in [5, 5.41) is 0. The standard InChI is InChI=1S/C17H23NO6/c1-5-22-15-10-12(8-9-14(15)21-4)18-11-13(16(19)23-6-2)17(20)24-7-3/h8-11,13H,5-7H2,1-4H3. The quantitative estimate of drug-likeness (QED) is 0.391. The summed E-state index contributed by atoms with van der Waals surface area (Å²) >= 11 is 0. The molecule has 132 valence electrons. The second-order valence-corrected chi connectivity index (χ2v) is 4.53. The van der Waals surface area contributed by atoms with Crippen LogP contribution in [0.4, 0.5) is 5.69 Å². The number of ether oxygens (including phenoxy) is 4. The number of carbonyl (C=O) groups is 2. The van der Waals surface area contributed by atoms with Crippen molar-refractivity contribution in [2.75, 3.05) is 26.9 Å². The lowest BCUT2D eigenvalue weighted by atomic mass is 10.1. The van der Waals surface area contributed by atoms with Gasteiger partial charge in [-0.05, 0) is 32.9 Å². The van der Waals surface area contributed by atoms with Crippen LogP contribution in [0, 0.1) is 5.92 Å². The predicted molar refractivity (Wildman–Crippen MR) is 89.1 cm³/mol. The van der Waals surface area contributed by atoms with Gasteiger partial charge < -0.3 is 18.9 Å². The molecule has 1 aromatic carbocycles. The van der Waals surface area contributed by atoms with Gasteiger partial charge in [0.2, 0.25) is 0 Å². The molecule has 1 rings (SSSR count). The maximum Gasteiger partial charge on any atom is 0.325 e. The number of hydrogen-bond acceptors (Lipinski definition) is 7. The molecule has 0 aromatic heterocycles. The third-order valence-corrected chi connectivity index (χ3v) is 2.90. The molecule has 0 amide bonds. The molecule has 0 N–H and O–H groups in total. The molecule has 0 aliphatic carbocycles. The zero-order valence-electron chi connectivity index (χ0n) is 14.4. The molecule has 0 aliphatic heterocycles. The summed E-state index contributed by atoms with van der Waals surface area (Å²) in [6.07, 6.45) is 1.22. The second kappa shape index (κ2) is 10.3. The van der Waals surface area contributed by atoms with E-state index in [1.165, 1.54) is 6.21 Å². The van der Waals surface area contributed by atoms with Gasteiger partial charge in [0.15, 0.2) is 17.4 Å². The summed E-state index contributed by atoms with van der Waals surface area (Å²) in [5.74, 6) is -1.50. The van der Waals surface area contributed by atoms with E-state index in [1.807, 2.05) is 6.92 Å². The molecule has 7 heteroatoms. The summed E-state index contributed by atoms with van der Waals surface area (Å²) in [5.41, 5.74) is 0.512. The first-order valence-electron chi connectivity index (χ1n) is 7.75. The van der Waals surface area contributed by atoms with Gasteiger partial charge in [0.25, 0.3) is 0 Å². The van der Waals surface area contributed by atoms with Crippen LogP contribution in [0.15, 0.2) is 23.2 Å². The van der Waals surface area contributed by atoms with E-state index in [-0.39, 0.29) is 13.2 Å². The van der Waals surface area contributed by atoms with E-state index in [0.717, 1.165) is 0 Å². The zero-order valence-corrected chi connectivity index (χ0v) is 14.4. The summed E-state index contributed by atoms with van der Waals surface area (Å²) in [6.45, 7) is 5.98. The summed E-state index contributed by atoms with van der Waals surface area (Å²) in [7, 11) is 1.54. The highest BCUT2D eigenvalue weighted by molar-refractivity contribution is 6.09. The molecular formula is C17H23NO6. The Bertz CT molecular complexity index is 566. The van der Waals surface area contributed by atoms with Crippen LogP contribution in [-0.4, -0.2) is 45.1 Å². The van der Waals surface area contributed by atoms with Gasteiger partial charge in [0.1, 0.15) is 0 Å². The van der Waals surface area contributed by atoms with E-state index >= 15 is 0 Å². The maximum absolute atomic E-state index is 11.9. The van der Waals surface area contributed by atoms with Crippen molar-refractivity contribution in [2.45, 2.75) is 20.8 Å². The van der Waals surface area contributed by atoms with Crippen molar-refractivity contribution in [1.82, 2.24) is 0 Å². The monoisotopic (exact) mass is 337 g/mol.